The van der Waals surface area contributed by atoms with Gasteiger partial charge in [0.15, 0.2) is 0 Å². The first-order valence-electron chi connectivity index (χ1n) is 11.8. The number of nitrogens with zero attached hydrogens (tertiary/aromatic N) is 1. The molecule has 3 aromatic rings. The topological polar surface area (TPSA) is 119 Å². The summed E-state index contributed by atoms with van der Waals surface area (Å²) in [6.07, 6.45) is 4.10. The summed E-state index contributed by atoms with van der Waals surface area (Å²) in [4.78, 5) is 26.2. The second kappa shape index (κ2) is 11.1. The molecule has 8 nitrogen and oxygen atoms in total. The number of halogens is 1. The van der Waals surface area contributed by atoms with E-state index in [9.17, 15) is 9.59 Å². The van der Waals surface area contributed by atoms with E-state index < -0.39 is 17.5 Å². The van der Waals surface area contributed by atoms with E-state index in [1.54, 1.807) is 0 Å². The number of nitrogens with one attached hydrogen (secondary N) is 2. The van der Waals surface area contributed by atoms with E-state index >= 15 is 0 Å². The van der Waals surface area contributed by atoms with Gasteiger partial charge in [-0.05, 0) is 42.7 Å². The quantitative estimate of drug-likeness (QED) is 0.181. The summed E-state index contributed by atoms with van der Waals surface area (Å²) in [7, 11) is 4.68. The molecule has 1 aromatic heterocycles. The van der Waals surface area contributed by atoms with E-state index in [-0.39, 0.29) is 24.2 Å². The minimum atomic E-state index is -1.66. The van der Waals surface area contributed by atoms with E-state index in [1.165, 1.54) is 14.2 Å². The summed E-state index contributed by atoms with van der Waals surface area (Å²) in [6.45, 7) is 0. The highest BCUT2D eigenvalue weighted by Crippen LogP contribution is 2.38. The maximum atomic E-state index is 13.4. The number of esters is 1. The number of amides is 1. The zero-order chi connectivity index (χ0) is 25.2. The first-order chi connectivity index (χ1) is 16.8. The Kier molecular flexibility index (Phi) is 8.43. The molecule has 2 aromatic carbocycles. The Hall–Kier alpha value is -3.36. The van der Waals surface area contributed by atoms with Crippen molar-refractivity contribution in [2.75, 3.05) is 19.5 Å². The van der Waals surface area contributed by atoms with Crippen molar-refractivity contribution in [3.05, 3.63) is 65.4 Å². The third-order valence-corrected chi connectivity index (χ3v) is 7.13. The Morgan fingerprint density at radius 2 is 1.78 bits per heavy atom. The molecule has 0 radical (unpaired) electrons. The van der Waals surface area contributed by atoms with Crippen LogP contribution in [-0.2, 0) is 32.5 Å². The molecule has 1 fully saturated rings. The van der Waals surface area contributed by atoms with Gasteiger partial charge in [0.25, 0.3) is 5.91 Å². The van der Waals surface area contributed by atoms with Crippen LogP contribution in [0.25, 0.3) is 10.9 Å². The number of nitrogen functional groups attached to an aromatic ring is 1. The first kappa shape index (κ1) is 27.2. The smallest absolute Gasteiger partial charge is 0.348 e. The lowest BCUT2D eigenvalue weighted by Crippen LogP contribution is -2.56. The summed E-state index contributed by atoms with van der Waals surface area (Å²) in [6, 6.07) is 15.4. The number of rotatable bonds is 8. The first-order valence-corrected chi connectivity index (χ1v) is 11.8. The van der Waals surface area contributed by atoms with E-state index in [1.807, 2.05) is 49.5 Å². The largest absolute Gasteiger partial charge is 0.466 e. The number of hydrogen-bond acceptors (Lipinski definition) is 5. The normalized spacial score (nSPS) is 15.2. The molecule has 0 aliphatic heterocycles. The Labute approximate surface area is 217 Å². The van der Waals surface area contributed by atoms with Crippen LogP contribution in [0.4, 0.5) is 5.69 Å². The summed E-state index contributed by atoms with van der Waals surface area (Å²) in [5.74, 6) is -1.34. The van der Waals surface area contributed by atoms with Crippen molar-refractivity contribution in [3.63, 3.8) is 0 Å². The average Bonchev–Trinajstić information content (AvgIpc) is 3.49. The molecule has 4 rings (SSSR count). The summed E-state index contributed by atoms with van der Waals surface area (Å²) in [5, 5.41) is 11.4. The molecule has 4 N–H and O–H groups in total. The Balaban J connectivity index is 0.00000361. The summed E-state index contributed by atoms with van der Waals surface area (Å²) in [5.41, 5.74) is 8.42. The van der Waals surface area contributed by atoms with Crippen LogP contribution in [0.2, 0.25) is 0 Å². The number of anilines is 1. The lowest BCUT2D eigenvalue weighted by molar-refractivity contribution is -0.177. The third-order valence-electron chi connectivity index (χ3n) is 7.13. The van der Waals surface area contributed by atoms with Gasteiger partial charge in [0.05, 0.1) is 7.11 Å². The predicted octanol–water partition coefficient (Wildman–Crippen LogP) is 4.16. The molecule has 0 spiro atoms. The zero-order valence-electron chi connectivity index (χ0n) is 20.8. The number of amidine groups is 1. The van der Waals surface area contributed by atoms with Crippen LogP contribution in [0, 0.1) is 11.3 Å². The highest BCUT2D eigenvalue weighted by atomic mass is 35.5. The molecule has 1 unspecified atom stereocenters. The van der Waals surface area contributed by atoms with Gasteiger partial charge in [0.1, 0.15) is 5.84 Å². The predicted molar refractivity (Wildman–Crippen MR) is 143 cm³/mol. The van der Waals surface area contributed by atoms with Crippen molar-refractivity contribution in [2.24, 2.45) is 18.7 Å². The second-order valence-corrected chi connectivity index (χ2v) is 9.12. The Morgan fingerprint density at radius 1 is 1.11 bits per heavy atom. The minimum Gasteiger partial charge on any atom is -0.466 e. The number of carbonyl (C=O) groups is 2. The zero-order valence-corrected chi connectivity index (χ0v) is 21.6. The Morgan fingerprint density at radius 3 is 2.36 bits per heavy atom. The van der Waals surface area contributed by atoms with Gasteiger partial charge in [-0.1, -0.05) is 37.1 Å². The van der Waals surface area contributed by atoms with Crippen LogP contribution in [0.5, 0.6) is 0 Å². The molecule has 0 saturated heterocycles. The maximum absolute atomic E-state index is 13.4. The molecule has 192 valence electrons. The molecular weight excluding hydrogens is 480 g/mol. The van der Waals surface area contributed by atoms with E-state index in [2.05, 4.69) is 16.0 Å². The number of benzene rings is 2. The van der Waals surface area contributed by atoms with Crippen LogP contribution < -0.4 is 11.1 Å². The van der Waals surface area contributed by atoms with Gasteiger partial charge in [-0.3, -0.25) is 10.2 Å². The SMILES string of the molecule is COC(=O)C(OC)(C(=O)Nc1ccc2c(c1)cc(Cc1ccc(C(=N)N)cc1)n2C)C1CCCC1.Cl. The van der Waals surface area contributed by atoms with Gasteiger partial charge in [0, 0.05) is 54.3 Å². The molecule has 1 aliphatic carbocycles. The minimum absolute atomic E-state index is 0. The number of methoxy groups -OCH3 is 2. The fraction of sp³-hybridized carbons (Fsp3) is 0.370. The number of fused-ring (bicyclic) bond motifs is 1. The van der Waals surface area contributed by atoms with E-state index in [0.717, 1.165) is 47.8 Å². The van der Waals surface area contributed by atoms with Crippen molar-refractivity contribution in [1.82, 2.24) is 4.57 Å². The van der Waals surface area contributed by atoms with Gasteiger partial charge >= 0.3 is 5.97 Å². The molecular formula is C27H33ClN4O4. The van der Waals surface area contributed by atoms with Gasteiger partial charge in [-0.2, -0.15) is 0 Å². The van der Waals surface area contributed by atoms with Gasteiger partial charge in [0.2, 0.25) is 5.60 Å². The number of carbonyl (C=O) groups excluding carboxylic acids is 2. The fourth-order valence-electron chi connectivity index (χ4n) is 5.16. The summed E-state index contributed by atoms with van der Waals surface area (Å²) >= 11 is 0. The van der Waals surface area contributed by atoms with Crippen molar-refractivity contribution in [3.8, 4) is 0 Å². The molecule has 9 heteroatoms. The molecule has 1 heterocycles. The maximum Gasteiger partial charge on any atom is 0.348 e. The lowest BCUT2D eigenvalue weighted by atomic mass is 9.84. The number of nitrogens with two attached hydrogens (primary N) is 1. The van der Waals surface area contributed by atoms with Gasteiger partial charge in [-0.15, -0.1) is 12.4 Å². The number of aryl methyl sites for hydroxylation is 1. The number of hydrogen-bond donors (Lipinski definition) is 3. The average molecular weight is 513 g/mol. The third kappa shape index (κ3) is 4.96. The van der Waals surface area contributed by atoms with Crippen LogP contribution >= 0.6 is 12.4 Å². The number of ether oxygens (including phenoxy) is 2. The van der Waals surface area contributed by atoms with Crippen molar-refractivity contribution < 1.29 is 19.1 Å². The van der Waals surface area contributed by atoms with Crippen LogP contribution in [0.3, 0.4) is 0 Å². The van der Waals surface area contributed by atoms with E-state index in [4.69, 9.17) is 20.6 Å². The van der Waals surface area contributed by atoms with Crippen molar-refractivity contribution in [2.45, 2.75) is 37.7 Å². The lowest BCUT2D eigenvalue weighted by Gasteiger charge is -2.33. The summed E-state index contributed by atoms with van der Waals surface area (Å²) < 4.78 is 12.7. The Bertz CT molecular complexity index is 1260. The van der Waals surface area contributed by atoms with Gasteiger partial charge in [-0.25, -0.2) is 4.79 Å². The fourth-order valence-corrected chi connectivity index (χ4v) is 5.16. The highest BCUT2D eigenvalue weighted by Gasteiger charge is 2.54. The molecule has 1 saturated carbocycles. The molecule has 1 amide bonds. The number of aromatic nitrogens is 1. The van der Waals surface area contributed by atoms with Gasteiger partial charge < -0.3 is 25.1 Å². The van der Waals surface area contributed by atoms with Crippen LogP contribution in [0.1, 0.15) is 42.5 Å². The second-order valence-electron chi connectivity index (χ2n) is 9.12. The van der Waals surface area contributed by atoms with Crippen molar-refractivity contribution >= 4 is 46.7 Å². The molecule has 0 bridgehead atoms. The van der Waals surface area contributed by atoms with E-state index in [0.29, 0.717) is 17.7 Å². The van der Waals surface area contributed by atoms with Crippen molar-refractivity contribution in [1.29, 1.82) is 5.41 Å². The monoisotopic (exact) mass is 512 g/mol. The highest BCUT2D eigenvalue weighted by molar-refractivity contribution is 6.12. The molecule has 1 aliphatic rings. The molecule has 36 heavy (non-hydrogen) atoms. The molecule has 1 atom stereocenters. The standard InChI is InChI=1S/C27H32N4O4.ClH/c1-31-22(14-17-8-10-18(11-9-17)24(28)29)16-19-15-21(12-13-23(19)31)30-25(32)27(35-3,26(33)34-2)20-6-4-5-7-20;/h8-13,15-16,20H,4-7,14H2,1-3H3,(H3,28,29)(H,30,32);1H. The van der Waals surface area contributed by atoms with Crippen LogP contribution in [-0.4, -0.2) is 42.1 Å². The van der Waals surface area contributed by atoms with Crippen LogP contribution in [0.15, 0.2) is 48.5 Å².